The summed E-state index contributed by atoms with van der Waals surface area (Å²) < 4.78 is 5.32. The molecule has 82 valence electrons. The van der Waals surface area contributed by atoms with Crippen LogP contribution in [-0.2, 0) is 0 Å². The van der Waals surface area contributed by atoms with E-state index in [2.05, 4.69) is 5.32 Å². The van der Waals surface area contributed by atoms with Gasteiger partial charge in [0.25, 0.3) is 5.91 Å². The van der Waals surface area contributed by atoms with Crippen LogP contribution in [0.3, 0.4) is 0 Å². The van der Waals surface area contributed by atoms with Crippen molar-refractivity contribution in [3.63, 3.8) is 0 Å². The molecule has 3 heteroatoms. The molecule has 0 saturated carbocycles. The number of rotatable bonds is 4. The molecule has 0 radical (unpaired) electrons. The van der Waals surface area contributed by atoms with Gasteiger partial charge in [-0.05, 0) is 39.0 Å². The van der Waals surface area contributed by atoms with Gasteiger partial charge < -0.3 is 10.1 Å². The summed E-state index contributed by atoms with van der Waals surface area (Å²) >= 11 is 0. The lowest BCUT2D eigenvalue weighted by Crippen LogP contribution is -2.30. The maximum Gasteiger partial charge on any atom is 0.251 e. The summed E-state index contributed by atoms with van der Waals surface area (Å²) in [6.07, 6.45) is 0. The van der Waals surface area contributed by atoms with Gasteiger partial charge in [0.05, 0.1) is 6.61 Å². The van der Waals surface area contributed by atoms with Gasteiger partial charge in [-0.1, -0.05) is 6.07 Å². The van der Waals surface area contributed by atoms with E-state index in [9.17, 15) is 4.79 Å². The Morgan fingerprint density at radius 1 is 1.47 bits per heavy atom. The van der Waals surface area contributed by atoms with Gasteiger partial charge in [0.15, 0.2) is 0 Å². The third-order valence-electron chi connectivity index (χ3n) is 1.83. The predicted molar refractivity (Wildman–Crippen MR) is 60.2 cm³/mol. The Bertz CT molecular complexity index is 334. The average Bonchev–Trinajstić information content (AvgIpc) is 2.17. The fourth-order valence-corrected chi connectivity index (χ4v) is 1.24. The molecular weight excluding hydrogens is 190 g/mol. The fourth-order valence-electron chi connectivity index (χ4n) is 1.24. The Morgan fingerprint density at radius 3 is 2.80 bits per heavy atom. The summed E-state index contributed by atoms with van der Waals surface area (Å²) in [5.41, 5.74) is 0.634. The lowest BCUT2D eigenvalue weighted by Gasteiger charge is -2.09. The first kappa shape index (κ1) is 11.6. The molecule has 3 nitrogen and oxygen atoms in total. The van der Waals surface area contributed by atoms with E-state index in [-0.39, 0.29) is 11.9 Å². The van der Waals surface area contributed by atoms with Gasteiger partial charge >= 0.3 is 0 Å². The van der Waals surface area contributed by atoms with Gasteiger partial charge in [-0.15, -0.1) is 0 Å². The molecule has 0 aliphatic carbocycles. The van der Waals surface area contributed by atoms with E-state index >= 15 is 0 Å². The number of nitrogens with one attached hydrogen (secondary N) is 1. The highest BCUT2D eigenvalue weighted by Crippen LogP contribution is 2.13. The first-order chi connectivity index (χ1) is 7.13. The molecule has 1 aromatic carbocycles. The number of carbonyl (C=O) groups excluding carboxylic acids is 1. The van der Waals surface area contributed by atoms with Crippen LogP contribution in [0.2, 0.25) is 0 Å². The first-order valence-electron chi connectivity index (χ1n) is 5.17. The minimum Gasteiger partial charge on any atom is -0.494 e. The second-order valence-corrected chi connectivity index (χ2v) is 3.59. The van der Waals surface area contributed by atoms with Crippen LogP contribution in [0.1, 0.15) is 31.1 Å². The van der Waals surface area contributed by atoms with E-state index in [0.717, 1.165) is 5.75 Å². The fraction of sp³-hybridized carbons (Fsp3) is 0.417. The van der Waals surface area contributed by atoms with Gasteiger partial charge in [0.1, 0.15) is 5.75 Å². The second kappa shape index (κ2) is 5.39. The number of carbonyl (C=O) groups is 1. The molecule has 15 heavy (non-hydrogen) atoms. The standard InChI is InChI=1S/C12H17NO2/c1-4-15-11-7-5-6-10(8-11)12(14)13-9(2)3/h5-9H,4H2,1-3H3,(H,13,14). The zero-order valence-corrected chi connectivity index (χ0v) is 9.41. The van der Waals surface area contributed by atoms with Gasteiger partial charge in [-0.3, -0.25) is 4.79 Å². The summed E-state index contributed by atoms with van der Waals surface area (Å²) in [6, 6.07) is 7.34. The lowest BCUT2D eigenvalue weighted by molar-refractivity contribution is 0.0942. The summed E-state index contributed by atoms with van der Waals surface area (Å²) in [4.78, 5) is 11.6. The monoisotopic (exact) mass is 207 g/mol. The van der Waals surface area contributed by atoms with Crippen molar-refractivity contribution in [2.75, 3.05) is 6.61 Å². The second-order valence-electron chi connectivity index (χ2n) is 3.59. The highest BCUT2D eigenvalue weighted by atomic mass is 16.5. The summed E-state index contributed by atoms with van der Waals surface area (Å²) in [5.74, 6) is 0.667. The van der Waals surface area contributed by atoms with Gasteiger partial charge in [-0.2, -0.15) is 0 Å². The van der Waals surface area contributed by atoms with Crippen LogP contribution in [0.15, 0.2) is 24.3 Å². The van der Waals surface area contributed by atoms with Crippen molar-refractivity contribution in [3.05, 3.63) is 29.8 Å². The summed E-state index contributed by atoms with van der Waals surface area (Å²) in [7, 11) is 0. The molecule has 0 heterocycles. The average molecular weight is 207 g/mol. The molecule has 0 aromatic heterocycles. The maximum absolute atomic E-state index is 11.6. The van der Waals surface area contributed by atoms with Crippen LogP contribution in [-0.4, -0.2) is 18.6 Å². The van der Waals surface area contributed by atoms with Crippen LogP contribution < -0.4 is 10.1 Å². The van der Waals surface area contributed by atoms with E-state index in [0.29, 0.717) is 12.2 Å². The topological polar surface area (TPSA) is 38.3 Å². The molecule has 1 N–H and O–H groups in total. The Hall–Kier alpha value is -1.51. The van der Waals surface area contributed by atoms with E-state index in [1.54, 1.807) is 12.1 Å². The van der Waals surface area contributed by atoms with Crippen molar-refractivity contribution in [1.82, 2.24) is 5.32 Å². The maximum atomic E-state index is 11.6. The predicted octanol–water partition coefficient (Wildman–Crippen LogP) is 2.22. The van der Waals surface area contributed by atoms with Crippen molar-refractivity contribution >= 4 is 5.91 Å². The first-order valence-corrected chi connectivity index (χ1v) is 5.17. The Labute approximate surface area is 90.4 Å². The molecule has 0 aliphatic rings. The Morgan fingerprint density at radius 2 is 2.20 bits per heavy atom. The number of hydrogen-bond donors (Lipinski definition) is 1. The zero-order chi connectivity index (χ0) is 11.3. The smallest absolute Gasteiger partial charge is 0.251 e. The number of amides is 1. The molecule has 0 spiro atoms. The van der Waals surface area contributed by atoms with E-state index in [1.807, 2.05) is 32.9 Å². The van der Waals surface area contributed by atoms with Crippen LogP contribution in [0.5, 0.6) is 5.75 Å². The third kappa shape index (κ3) is 3.62. The molecule has 1 amide bonds. The molecule has 1 rings (SSSR count). The molecular formula is C12H17NO2. The van der Waals surface area contributed by atoms with Crippen molar-refractivity contribution in [2.24, 2.45) is 0 Å². The van der Waals surface area contributed by atoms with Gasteiger partial charge in [0, 0.05) is 11.6 Å². The Balaban J connectivity index is 2.76. The molecule has 0 unspecified atom stereocenters. The number of benzene rings is 1. The van der Waals surface area contributed by atoms with Crippen molar-refractivity contribution in [2.45, 2.75) is 26.8 Å². The molecule has 1 aromatic rings. The SMILES string of the molecule is CCOc1cccc(C(=O)NC(C)C)c1. The molecule has 0 atom stereocenters. The van der Waals surface area contributed by atoms with E-state index < -0.39 is 0 Å². The normalized spacial score (nSPS) is 10.1. The minimum absolute atomic E-state index is 0.0634. The van der Waals surface area contributed by atoms with Crippen LogP contribution in [0.25, 0.3) is 0 Å². The van der Waals surface area contributed by atoms with Crippen LogP contribution >= 0.6 is 0 Å². The quantitative estimate of drug-likeness (QED) is 0.822. The van der Waals surface area contributed by atoms with Crippen molar-refractivity contribution in [3.8, 4) is 5.75 Å². The Kier molecular flexibility index (Phi) is 4.16. The van der Waals surface area contributed by atoms with Crippen LogP contribution in [0, 0.1) is 0 Å². The highest BCUT2D eigenvalue weighted by Gasteiger charge is 2.07. The summed E-state index contributed by atoms with van der Waals surface area (Å²) in [6.45, 7) is 6.39. The molecule has 0 saturated heterocycles. The minimum atomic E-state index is -0.0634. The van der Waals surface area contributed by atoms with Gasteiger partial charge in [-0.25, -0.2) is 0 Å². The lowest BCUT2D eigenvalue weighted by atomic mass is 10.2. The molecule has 0 bridgehead atoms. The van der Waals surface area contributed by atoms with Crippen LogP contribution in [0.4, 0.5) is 0 Å². The molecule has 0 fully saturated rings. The van der Waals surface area contributed by atoms with Gasteiger partial charge in [0.2, 0.25) is 0 Å². The number of ether oxygens (including phenoxy) is 1. The largest absolute Gasteiger partial charge is 0.494 e. The zero-order valence-electron chi connectivity index (χ0n) is 9.41. The van der Waals surface area contributed by atoms with E-state index in [1.165, 1.54) is 0 Å². The van der Waals surface area contributed by atoms with E-state index in [4.69, 9.17) is 4.74 Å². The third-order valence-corrected chi connectivity index (χ3v) is 1.83. The number of hydrogen-bond acceptors (Lipinski definition) is 2. The van der Waals surface area contributed by atoms with Crippen molar-refractivity contribution < 1.29 is 9.53 Å². The van der Waals surface area contributed by atoms with Crippen molar-refractivity contribution in [1.29, 1.82) is 0 Å². The summed E-state index contributed by atoms with van der Waals surface area (Å²) in [5, 5.41) is 2.83. The highest BCUT2D eigenvalue weighted by molar-refractivity contribution is 5.94. The molecule has 0 aliphatic heterocycles.